The van der Waals surface area contributed by atoms with Crippen LogP contribution in [-0.4, -0.2) is 13.7 Å². The molecule has 0 heterocycles. The minimum atomic E-state index is 0.228. The van der Waals surface area contributed by atoms with Crippen molar-refractivity contribution in [2.75, 3.05) is 13.7 Å². The zero-order valence-corrected chi connectivity index (χ0v) is 14.3. The third-order valence-electron chi connectivity index (χ3n) is 3.53. The number of benzene rings is 1. The molecule has 1 aromatic rings. The fourth-order valence-electron chi connectivity index (χ4n) is 2.48. The molecule has 2 nitrogen and oxygen atoms in total. The molecular weight excluding hydrogens is 293 g/mol. The van der Waals surface area contributed by atoms with Crippen molar-refractivity contribution < 1.29 is 4.74 Å². The van der Waals surface area contributed by atoms with E-state index in [1.54, 1.807) is 13.2 Å². The van der Waals surface area contributed by atoms with Crippen molar-refractivity contribution in [1.29, 1.82) is 0 Å². The van der Waals surface area contributed by atoms with Gasteiger partial charge in [-0.25, -0.2) is 0 Å². The number of nitrogens with one attached hydrogen (secondary N) is 1. The first-order valence-corrected chi connectivity index (χ1v) is 8.07. The number of ether oxygens (including phenoxy) is 1. The van der Waals surface area contributed by atoms with Crippen LogP contribution in [0, 0.1) is 5.92 Å². The Kier molecular flexibility index (Phi) is 7.71. The highest BCUT2D eigenvalue weighted by Crippen LogP contribution is 2.37. The first-order valence-electron chi connectivity index (χ1n) is 7.31. The van der Waals surface area contributed by atoms with Gasteiger partial charge >= 0.3 is 0 Å². The fourth-order valence-corrected chi connectivity index (χ4v) is 3.00. The van der Waals surface area contributed by atoms with Crippen molar-refractivity contribution in [3.63, 3.8) is 0 Å². The van der Waals surface area contributed by atoms with Crippen LogP contribution in [0.2, 0.25) is 10.0 Å². The van der Waals surface area contributed by atoms with Crippen LogP contribution in [0.4, 0.5) is 0 Å². The lowest BCUT2D eigenvalue weighted by atomic mass is 9.90. The molecule has 2 unspecified atom stereocenters. The molecule has 0 saturated carbocycles. The number of hydrogen-bond acceptors (Lipinski definition) is 2. The highest BCUT2D eigenvalue weighted by molar-refractivity contribution is 6.34. The molecule has 0 radical (unpaired) electrons. The van der Waals surface area contributed by atoms with Gasteiger partial charge in [-0.1, -0.05) is 50.4 Å². The Labute approximate surface area is 132 Å². The van der Waals surface area contributed by atoms with E-state index in [0.29, 0.717) is 21.7 Å². The molecule has 0 aromatic heterocycles. The van der Waals surface area contributed by atoms with Crippen LogP contribution < -0.4 is 10.1 Å². The molecule has 4 heteroatoms. The molecule has 0 aliphatic rings. The van der Waals surface area contributed by atoms with Crippen LogP contribution in [0.5, 0.6) is 5.75 Å². The maximum atomic E-state index is 6.42. The van der Waals surface area contributed by atoms with Gasteiger partial charge in [0.2, 0.25) is 0 Å². The summed E-state index contributed by atoms with van der Waals surface area (Å²) in [5.41, 5.74) is 1.06. The Morgan fingerprint density at radius 3 is 2.40 bits per heavy atom. The standard InChI is InChI=1S/C16H25Cl2NO/c1-5-7-11(3)16(19-8-6-2)12-9-14(18)15(20-4)10-13(12)17/h9-11,16,19H,5-8H2,1-4H3. The largest absolute Gasteiger partial charge is 0.495 e. The quantitative estimate of drug-likeness (QED) is 0.685. The molecular formula is C16H25Cl2NO. The summed E-state index contributed by atoms with van der Waals surface area (Å²) in [5, 5.41) is 4.91. The third kappa shape index (κ3) is 4.54. The normalized spacial score (nSPS) is 14.1. The lowest BCUT2D eigenvalue weighted by Gasteiger charge is -2.27. The highest BCUT2D eigenvalue weighted by atomic mass is 35.5. The van der Waals surface area contributed by atoms with Gasteiger partial charge in [0, 0.05) is 17.1 Å². The summed E-state index contributed by atoms with van der Waals surface area (Å²) in [5.74, 6) is 1.13. The Balaban J connectivity index is 3.09. The number of rotatable bonds is 8. The van der Waals surface area contributed by atoms with Gasteiger partial charge in [0.25, 0.3) is 0 Å². The summed E-state index contributed by atoms with van der Waals surface area (Å²) in [4.78, 5) is 0. The zero-order chi connectivity index (χ0) is 15.1. The van der Waals surface area contributed by atoms with Crippen LogP contribution in [0.25, 0.3) is 0 Å². The van der Waals surface area contributed by atoms with E-state index in [9.17, 15) is 0 Å². The Hall–Kier alpha value is -0.440. The molecule has 0 fully saturated rings. The van der Waals surface area contributed by atoms with Crippen LogP contribution in [0.3, 0.4) is 0 Å². The van der Waals surface area contributed by atoms with E-state index in [1.807, 2.05) is 6.07 Å². The maximum Gasteiger partial charge on any atom is 0.138 e. The highest BCUT2D eigenvalue weighted by Gasteiger charge is 2.22. The van der Waals surface area contributed by atoms with Crippen molar-refractivity contribution in [1.82, 2.24) is 5.32 Å². The van der Waals surface area contributed by atoms with Gasteiger partial charge in [-0.3, -0.25) is 0 Å². The predicted molar refractivity (Wildman–Crippen MR) is 88.1 cm³/mol. The van der Waals surface area contributed by atoms with Crippen LogP contribution in [0.15, 0.2) is 12.1 Å². The molecule has 114 valence electrons. The molecule has 0 saturated heterocycles. The van der Waals surface area contributed by atoms with Crippen molar-refractivity contribution in [3.8, 4) is 5.75 Å². The van der Waals surface area contributed by atoms with Gasteiger partial charge in [0.05, 0.1) is 12.1 Å². The van der Waals surface area contributed by atoms with E-state index in [2.05, 4.69) is 26.1 Å². The first-order chi connectivity index (χ1) is 9.54. The molecule has 0 aliphatic carbocycles. The van der Waals surface area contributed by atoms with Gasteiger partial charge in [-0.05, 0) is 36.9 Å². The molecule has 0 aliphatic heterocycles. The third-order valence-corrected chi connectivity index (χ3v) is 4.16. The average Bonchev–Trinajstić information content (AvgIpc) is 2.42. The van der Waals surface area contributed by atoms with E-state index in [0.717, 1.165) is 31.4 Å². The average molecular weight is 318 g/mol. The Bertz CT molecular complexity index is 423. The van der Waals surface area contributed by atoms with Crippen molar-refractivity contribution >= 4 is 23.2 Å². The van der Waals surface area contributed by atoms with E-state index in [1.165, 1.54) is 0 Å². The zero-order valence-electron chi connectivity index (χ0n) is 12.8. The van der Waals surface area contributed by atoms with E-state index >= 15 is 0 Å². The lowest BCUT2D eigenvalue weighted by molar-refractivity contribution is 0.362. The van der Waals surface area contributed by atoms with E-state index in [-0.39, 0.29) is 6.04 Å². The summed E-state index contributed by atoms with van der Waals surface area (Å²) in [6, 6.07) is 3.96. The topological polar surface area (TPSA) is 21.3 Å². The number of methoxy groups -OCH3 is 1. The second-order valence-electron chi connectivity index (χ2n) is 5.21. The minimum Gasteiger partial charge on any atom is -0.495 e. The van der Waals surface area contributed by atoms with Crippen LogP contribution in [0.1, 0.15) is 51.6 Å². The summed E-state index contributed by atoms with van der Waals surface area (Å²) in [6.45, 7) is 7.59. The summed E-state index contributed by atoms with van der Waals surface area (Å²) in [6.07, 6.45) is 3.41. The van der Waals surface area contributed by atoms with Crippen molar-refractivity contribution in [3.05, 3.63) is 27.7 Å². The van der Waals surface area contributed by atoms with E-state index < -0.39 is 0 Å². The van der Waals surface area contributed by atoms with Gasteiger partial charge in [0.15, 0.2) is 0 Å². The Morgan fingerprint density at radius 2 is 1.85 bits per heavy atom. The van der Waals surface area contributed by atoms with Crippen LogP contribution >= 0.6 is 23.2 Å². The van der Waals surface area contributed by atoms with Crippen molar-refractivity contribution in [2.45, 2.75) is 46.1 Å². The predicted octanol–water partition coefficient (Wildman–Crippen LogP) is 5.48. The Morgan fingerprint density at radius 1 is 1.15 bits per heavy atom. The summed E-state index contributed by atoms with van der Waals surface area (Å²) >= 11 is 12.7. The minimum absolute atomic E-state index is 0.228. The fraction of sp³-hybridized carbons (Fsp3) is 0.625. The molecule has 0 spiro atoms. The molecule has 0 bridgehead atoms. The second kappa shape index (κ2) is 8.76. The maximum absolute atomic E-state index is 6.42. The summed E-state index contributed by atoms with van der Waals surface area (Å²) < 4.78 is 5.21. The van der Waals surface area contributed by atoms with Crippen LogP contribution in [-0.2, 0) is 0 Å². The van der Waals surface area contributed by atoms with Gasteiger partial charge < -0.3 is 10.1 Å². The molecule has 20 heavy (non-hydrogen) atoms. The smallest absolute Gasteiger partial charge is 0.138 e. The molecule has 0 amide bonds. The molecule has 1 rings (SSSR count). The number of halogens is 2. The summed E-state index contributed by atoms with van der Waals surface area (Å²) in [7, 11) is 1.60. The first kappa shape index (κ1) is 17.6. The lowest BCUT2D eigenvalue weighted by Crippen LogP contribution is -2.28. The van der Waals surface area contributed by atoms with Gasteiger partial charge in [0.1, 0.15) is 5.75 Å². The SMILES string of the molecule is CCCNC(c1cc(Cl)c(OC)cc1Cl)C(C)CCC. The monoisotopic (exact) mass is 317 g/mol. The second-order valence-corrected chi connectivity index (χ2v) is 6.02. The van der Waals surface area contributed by atoms with Gasteiger partial charge in [-0.2, -0.15) is 0 Å². The molecule has 2 atom stereocenters. The molecule has 1 N–H and O–H groups in total. The van der Waals surface area contributed by atoms with E-state index in [4.69, 9.17) is 27.9 Å². The van der Waals surface area contributed by atoms with Crippen molar-refractivity contribution in [2.24, 2.45) is 5.92 Å². The molecule has 1 aromatic carbocycles. The van der Waals surface area contributed by atoms with Gasteiger partial charge in [-0.15, -0.1) is 0 Å². The number of hydrogen-bond donors (Lipinski definition) is 1.